The topological polar surface area (TPSA) is 52.0 Å². The number of hydrogen-bond donors (Lipinski definition) is 1. The number of fused-ring (bicyclic) bond motifs is 1. The molecule has 2 aromatic carbocycles. The third kappa shape index (κ3) is 3.48. The van der Waals surface area contributed by atoms with Gasteiger partial charge in [0.2, 0.25) is 0 Å². The Kier molecular flexibility index (Phi) is 4.38. The molecule has 0 unspecified atom stereocenters. The molecule has 4 rings (SSSR count). The number of imidazole rings is 1. The van der Waals surface area contributed by atoms with E-state index in [2.05, 4.69) is 15.3 Å². The van der Waals surface area contributed by atoms with Crippen molar-refractivity contribution in [2.75, 3.05) is 12.4 Å². The lowest BCUT2D eigenvalue weighted by Gasteiger charge is -2.14. The Morgan fingerprint density at radius 2 is 1.89 bits per heavy atom. The minimum absolute atomic E-state index is 0.262. The second kappa shape index (κ2) is 6.88. The van der Waals surface area contributed by atoms with E-state index < -0.39 is 11.7 Å². The van der Waals surface area contributed by atoms with Crippen molar-refractivity contribution < 1.29 is 17.9 Å². The minimum Gasteiger partial charge on any atom is -0.497 e. The number of aromatic nitrogens is 3. The molecule has 5 nitrogen and oxygen atoms in total. The second-order valence-corrected chi connectivity index (χ2v) is 6.10. The van der Waals surface area contributed by atoms with Crippen LogP contribution in [0, 0.1) is 0 Å². The summed E-state index contributed by atoms with van der Waals surface area (Å²) in [6, 6.07) is 10.8. The molecule has 0 amide bonds. The number of methoxy groups -OCH3 is 1. The monoisotopic (exact) mass is 384 g/mol. The Labute approximate surface area is 158 Å². The predicted octanol–water partition coefficient (Wildman–Crippen LogP) is 5.19. The van der Waals surface area contributed by atoms with Crippen molar-refractivity contribution in [3.63, 3.8) is 0 Å². The van der Waals surface area contributed by atoms with Crippen LogP contribution in [0.5, 0.6) is 5.75 Å². The number of nitrogens with zero attached hydrogens (tertiary/aromatic N) is 3. The normalized spacial score (nSPS) is 11.6. The first kappa shape index (κ1) is 17.8. The Bertz CT molecular complexity index is 1120. The number of rotatable bonds is 4. The fourth-order valence-corrected chi connectivity index (χ4v) is 2.92. The van der Waals surface area contributed by atoms with Crippen molar-refractivity contribution in [2.45, 2.75) is 6.18 Å². The lowest BCUT2D eigenvalue weighted by Crippen LogP contribution is -2.05. The van der Waals surface area contributed by atoms with Gasteiger partial charge in [0.05, 0.1) is 30.2 Å². The van der Waals surface area contributed by atoms with Crippen LogP contribution in [0.25, 0.3) is 16.6 Å². The summed E-state index contributed by atoms with van der Waals surface area (Å²) in [5.74, 6) is 0.631. The van der Waals surface area contributed by atoms with Gasteiger partial charge in [-0.05, 0) is 24.3 Å². The maximum absolute atomic E-state index is 13.0. The van der Waals surface area contributed by atoms with Crippen LogP contribution < -0.4 is 10.1 Å². The molecule has 0 spiro atoms. The van der Waals surface area contributed by atoms with E-state index in [9.17, 15) is 13.2 Å². The highest BCUT2D eigenvalue weighted by Crippen LogP contribution is 2.34. The molecule has 142 valence electrons. The van der Waals surface area contributed by atoms with E-state index in [-0.39, 0.29) is 5.52 Å². The number of hydrogen-bond acceptors (Lipinski definition) is 4. The van der Waals surface area contributed by atoms with Gasteiger partial charge in [0.25, 0.3) is 0 Å². The Hall–Kier alpha value is -3.55. The van der Waals surface area contributed by atoms with Gasteiger partial charge in [0, 0.05) is 47.5 Å². The van der Waals surface area contributed by atoms with Crippen molar-refractivity contribution in [3.8, 4) is 11.4 Å². The molecular formula is C20H15F3N4O. The highest BCUT2D eigenvalue weighted by molar-refractivity contribution is 5.93. The fraction of sp³-hybridized carbons (Fsp3) is 0.100. The zero-order valence-electron chi connectivity index (χ0n) is 14.7. The summed E-state index contributed by atoms with van der Waals surface area (Å²) in [6.45, 7) is 0. The van der Waals surface area contributed by atoms with Crippen molar-refractivity contribution in [2.24, 2.45) is 0 Å². The maximum atomic E-state index is 13.0. The van der Waals surface area contributed by atoms with E-state index in [1.54, 1.807) is 38.0 Å². The van der Waals surface area contributed by atoms with Gasteiger partial charge in [0.1, 0.15) is 5.75 Å². The molecule has 0 atom stereocenters. The van der Waals surface area contributed by atoms with Crippen LogP contribution in [-0.4, -0.2) is 21.6 Å². The molecule has 8 heteroatoms. The van der Waals surface area contributed by atoms with Gasteiger partial charge in [-0.25, -0.2) is 4.98 Å². The largest absolute Gasteiger partial charge is 0.497 e. The van der Waals surface area contributed by atoms with E-state index in [1.807, 2.05) is 16.7 Å². The summed E-state index contributed by atoms with van der Waals surface area (Å²) in [4.78, 5) is 8.11. The van der Waals surface area contributed by atoms with Gasteiger partial charge in [0.15, 0.2) is 0 Å². The molecular weight excluding hydrogens is 369 g/mol. The standard InChI is InChI=1S/C20H15F3N4O/c1-28-16-10-14(9-15(11-16)27-7-6-24-12-27)26-18-4-5-25-19-8-13(20(21,22)23)2-3-17(18)19/h2-12H,1H3,(H,25,26). The zero-order chi connectivity index (χ0) is 19.7. The molecule has 0 radical (unpaired) electrons. The molecule has 0 saturated heterocycles. The fourth-order valence-electron chi connectivity index (χ4n) is 2.92. The molecule has 28 heavy (non-hydrogen) atoms. The molecule has 2 aromatic heterocycles. The summed E-state index contributed by atoms with van der Waals surface area (Å²) < 4.78 is 46.1. The smallest absolute Gasteiger partial charge is 0.416 e. The first-order chi connectivity index (χ1) is 13.4. The number of benzene rings is 2. The molecule has 2 heterocycles. The van der Waals surface area contributed by atoms with Crippen LogP contribution in [0.15, 0.2) is 67.4 Å². The predicted molar refractivity (Wildman–Crippen MR) is 100 cm³/mol. The number of nitrogens with one attached hydrogen (secondary N) is 1. The van der Waals surface area contributed by atoms with Crippen molar-refractivity contribution >= 4 is 22.3 Å². The lowest BCUT2D eigenvalue weighted by atomic mass is 10.1. The Morgan fingerprint density at radius 1 is 1.04 bits per heavy atom. The first-order valence-corrected chi connectivity index (χ1v) is 8.34. The average molecular weight is 384 g/mol. The summed E-state index contributed by atoms with van der Waals surface area (Å²) in [5.41, 5.74) is 1.72. The van der Waals surface area contributed by atoms with Gasteiger partial charge >= 0.3 is 6.18 Å². The van der Waals surface area contributed by atoms with Crippen LogP contribution in [-0.2, 0) is 6.18 Å². The van der Waals surface area contributed by atoms with Gasteiger partial charge in [-0.15, -0.1) is 0 Å². The van der Waals surface area contributed by atoms with E-state index in [4.69, 9.17) is 4.74 Å². The number of halogens is 3. The molecule has 0 fully saturated rings. The Balaban J connectivity index is 1.75. The van der Waals surface area contributed by atoms with Gasteiger partial charge in [-0.1, -0.05) is 6.07 Å². The molecule has 4 aromatic rings. The van der Waals surface area contributed by atoms with E-state index in [0.29, 0.717) is 16.8 Å². The molecule has 0 aliphatic carbocycles. The lowest BCUT2D eigenvalue weighted by molar-refractivity contribution is -0.137. The number of anilines is 2. The van der Waals surface area contributed by atoms with Gasteiger partial charge < -0.3 is 14.6 Å². The molecule has 0 saturated carbocycles. The first-order valence-electron chi connectivity index (χ1n) is 8.34. The van der Waals surface area contributed by atoms with Crippen LogP contribution in [0.1, 0.15) is 5.56 Å². The molecule has 0 aliphatic rings. The maximum Gasteiger partial charge on any atom is 0.416 e. The zero-order valence-corrected chi connectivity index (χ0v) is 14.7. The van der Waals surface area contributed by atoms with Crippen LogP contribution in [0.2, 0.25) is 0 Å². The minimum atomic E-state index is -4.41. The molecule has 0 aliphatic heterocycles. The van der Waals surface area contributed by atoms with Crippen LogP contribution in [0.3, 0.4) is 0 Å². The Morgan fingerprint density at radius 3 is 2.61 bits per heavy atom. The molecule has 1 N–H and O–H groups in total. The van der Waals surface area contributed by atoms with E-state index in [0.717, 1.165) is 23.5 Å². The molecule has 0 bridgehead atoms. The van der Waals surface area contributed by atoms with Crippen LogP contribution >= 0.6 is 0 Å². The highest BCUT2D eigenvalue weighted by Gasteiger charge is 2.30. The second-order valence-electron chi connectivity index (χ2n) is 6.10. The summed E-state index contributed by atoms with van der Waals surface area (Å²) >= 11 is 0. The van der Waals surface area contributed by atoms with E-state index in [1.165, 1.54) is 12.3 Å². The summed E-state index contributed by atoms with van der Waals surface area (Å²) in [7, 11) is 1.57. The highest BCUT2D eigenvalue weighted by atomic mass is 19.4. The van der Waals surface area contributed by atoms with Crippen molar-refractivity contribution in [1.29, 1.82) is 0 Å². The van der Waals surface area contributed by atoms with Crippen LogP contribution in [0.4, 0.5) is 24.5 Å². The average Bonchev–Trinajstić information content (AvgIpc) is 3.22. The third-order valence-corrected chi connectivity index (χ3v) is 4.28. The van der Waals surface area contributed by atoms with E-state index >= 15 is 0 Å². The summed E-state index contributed by atoms with van der Waals surface area (Å²) in [5, 5.41) is 3.83. The quantitative estimate of drug-likeness (QED) is 0.526. The SMILES string of the molecule is COc1cc(Nc2ccnc3cc(C(F)(F)F)ccc23)cc(-n2ccnc2)c1. The van der Waals surface area contributed by atoms with Gasteiger partial charge in [-0.2, -0.15) is 13.2 Å². The van der Waals surface area contributed by atoms with Crippen molar-refractivity contribution in [3.05, 3.63) is 72.9 Å². The van der Waals surface area contributed by atoms with Crippen molar-refractivity contribution in [1.82, 2.24) is 14.5 Å². The number of ether oxygens (including phenoxy) is 1. The van der Waals surface area contributed by atoms with Gasteiger partial charge in [-0.3, -0.25) is 4.98 Å². The summed E-state index contributed by atoms with van der Waals surface area (Å²) in [6.07, 6.45) is 2.20. The number of pyridine rings is 1. The third-order valence-electron chi connectivity index (χ3n) is 4.28. The number of alkyl halides is 3.